The van der Waals surface area contributed by atoms with Crippen LogP contribution in [0.15, 0.2) is 29.6 Å². The zero-order valence-electron chi connectivity index (χ0n) is 18.0. The minimum atomic E-state index is -0.172. The summed E-state index contributed by atoms with van der Waals surface area (Å²) in [4.78, 5) is 30.2. The van der Waals surface area contributed by atoms with Gasteiger partial charge in [-0.2, -0.15) is 0 Å². The van der Waals surface area contributed by atoms with Gasteiger partial charge >= 0.3 is 0 Å². The van der Waals surface area contributed by atoms with E-state index in [4.69, 9.17) is 16.3 Å². The molecule has 0 aliphatic carbocycles. The number of nitrogens with zero attached hydrogens (tertiary/aromatic N) is 2. The van der Waals surface area contributed by atoms with Crippen molar-refractivity contribution in [3.63, 3.8) is 0 Å². The maximum Gasteiger partial charge on any atom is 0.242 e. The predicted molar refractivity (Wildman–Crippen MR) is 121 cm³/mol. The Morgan fingerprint density at radius 3 is 2.80 bits per heavy atom. The third-order valence-electron chi connectivity index (χ3n) is 5.79. The van der Waals surface area contributed by atoms with E-state index in [9.17, 15) is 9.59 Å². The average molecular weight is 449 g/mol. The van der Waals surface area contributed by atoms with E-state index in [1.807, 2.05) is 43.9 Å². The number of hydrogen-bond acceptors (Lipinski definition) is 4. The summed E-state index contributed by atoms with van der Waals surface area (Å²) in [7, 11) is 0. The van der Waals surface area contributed by atoms with Gasteiger partial charge in [0.1, 0.15) is 12.4 Å². The highest BCUT2D eigenvalue weighted by Crippen LogP contribution is 2.34. The van der Waals surface area contributed by atoms with E-state index in [0.717, 1.165) is 29.7 Å². The van der Waals surface area contributed by atoms with E-state index in [-0.39, 0.29) is 30.4 Å². The lowest BCUT2D eigenvalue weighted by molar-refractivity contribution is -0.143. The molecule has 0 radical (unpaired) electrons. The molecule has 7 heteroatoms. The Bertz CT molecular complexity index is 914. The molecular weight excluding hydrogens is 420 g/mol. The standard InChI is InChI=1S/C23H29ClN2O3S/c1-5-16(3)26(17(4)27)13-23(28)25-10-8-22-19(9-11-30-22)21(25)14-29-18-6-7-20(24)15(2)12-18/h6-7,9,11-12,16,21H,5,8,10,13-14H2,1-4H3/t16-,21-/m0/s1. The molecule has 1 aromatic carbocycles. The van der Waals surface area contributed by atoms with Gasteiger partial charge in [0.25, 0.3) is 0 Å². The van der Waals surface area contributed by atoms with Crippen LogP contribution in [-0.2, 0) is 16.0 Å². The number of rotatable bonds is 7. The number of thiophene rings is 1. The SMILES string of the molecule is CC[C@H](C)N(CC(=O)N1CCc2sccc2[C@@H]1COc1ccc(Cl)c(C)c1)C(C)=O. The molecular formula is C23H29ClN2O3S. The second-order valence-electron chi connectivity index (χ2n) is 7.78. The van der Waals surface area contributed by atoms with Gasteiger partial charge in [0.15, 0.2) is 0 Å². The van der Waals surface area contributed by atoms with Gasteiger partial charge in [-0.05, 0) is 67.5 Å². The summed E-state index contributed by atoms with van der Waals surface area (Å²) in [5.41, 5.74) is 2.09. The minimum absolute atomic E-state index is 0.0275. The van der Waals surface area contributed by atoms with Crippen LogP contribution in [0.4, 0.5) is 0 Å². The van der Waals surface area contributed by atoms with Crippen LogP contribution in [0, 0.1) is 6.92 Å². The van der Waals surface area contributed by atoms with Crippen LogP contribution in [0.1, 0.15) is 49.2 Å². The van der Waals surface area contributed by atoms with Crippen LogP contribution in [0.25, 0.3) is 0 Å². The van der Waals surface area contributed by atoms with E-state index >= 15 is 0 Å². The first-order chi connectivity index (χ1) is 14.3. The van der Waals surface area contributed by atoms with Crippen molar-refractivity contribution in [3.8, 4) is 5.75 Å². The molecule has 1 aliphatic heterocycles. The molecule has 2 amide bonds. The number of hydrogen-bond donors (Lipinski definition) is 0. The lowest BCUT2D eigenvalue weighted by Gasteiger charge is -2.37. The third-order valence-corrected chi connectivity index (χ3v) is 7.21. The van der Waals surface area contributed by atoms with Crippen molar-refractivity contribution in [2.75, 3.05) is 19.7 Å². The van der Waals surface area contributed by atoms with Gasteiger partial charge in [0.05, 0.1) is 12.6 Å². The van der Waals surface area contributed by atoms with Crippen molar-refractivity contribution >= 4 is 34.8 Å². The fourth-order valence-corrected chi connectivity index (χ4v) is 4.84. The Labute approximate surface area is 187 Å². The average Bonchev–Trinajstić information content (AvgIpc) is 3.20. The molecule has 0 saturated heterocycles. The number of amides is 2. The van der Waals surface area contributed by atoms with Gasteiger partial charge in [-0.1, -0.05) is 18.5 Å². The molecule has 2 heterocycles. The first kappa shape index (κ1) is 22.6. The maximum absolute atomic E-state index is 13.2. The summed E-state index contributed by atoms with van der Waals surface area (Å²) >= 11 is 7.84. The van der Waals surface area contributed by atoms with Crippen molar-refractivity contribution in [1.29, 1.82) is 0 Å². The number of halogens is 1. The molecule has 0 saturated carbocycles. The summed E-state index contributed by atoms with van der Waals surface area (Å²) in [6.45, 7) is 8.55. The molecule has 5 nitrogen and oxygen atoms in total. The Kier molecular flexibility index (Phi) is 7.42. The normalized spacial score (nSPS) is 16.7. The van der Waals surface area contributed by atoms with Crippen molar-refractivity contribution in [3.05, 3.63) is 50.7 Å². The van der Waals surface area contributed by atoms with Gasteiger partial charge in [-0.3, -0.25) is 9.59 Å². The molecule has 0 spiro atoms. The summed E-state index contributed by atoms with van der Waals surface area (Å²) in [6.07, 6.45) is 1.64. The molecule has 2 aromatic rings. The molecule has 0 N–H and O–H groups in total. The zero-order valence-corrected chi connectivity index (χ0v) is 19.6. The van der Waals surface area contributed by atoms with Crippen molar-refractivity contribution in [2.24, 2.45) is 0 Å². The fraction of sp³-hybridized carbons (Fsp3) is 0.478. The Morgan fingerprint density at radius 1 is 1.37 bits per heavy atom. The van der Waals surface area contributed by atoms with Crippen LogP contribution >= 0.6 is 22.9 Å². The van der Waals surface area contributed by atoms with Crippen LogP contribution in [-0.4, -0.2) is 47.4 Å². The van der Waals surface area contributed by atoms with Crippen LogP contribution < -0.4 is 4.74 Å². The van der Waals surface area contributed by atoms with Crippen LogP contribution in [0.2, 0.25) is 5.02 Å². The Balaban J connectivity index is 1.79. The highest BCUT2D eigenvalue weighted by Gasteiger charge is 2.33. The predicted octanol–water partition coefficient (Wildman–Crippen LogP) is 4.86. The molecule has 0 fully saturated rings. The number of fused-ring (bicyclic) bond motifs is 1. The van der Waals surface area contributed by atoms with E-state index < -0.39 is 0 Å². The van der Waals surface area contributed by atoms with Gasteiger partial charge < -0.3 is 14.5 Å². The van der Waals surface area contributed by atoms with E-state index in [1.165, 1.54) is 11.8 Å². The zero-order chi connectivity index (χ0) is 21.8. The molecule has 3 rings (SSSR count). The highest BCUT2D eigenvalue weighted by atomic mass is 35.5. The lowest BCUT2D eigenvalue weighted by atomic mass is 10.00. The van der Waals surface area contributed by atoms with Crippen molar-refractivity contribution in [2.45, 2.75) is 52.6 Å². The summed E-state index contributed by atoms with van der Waals surface area (Å²) in [5, 5.41) is 2.77. The quantitative estimate of drug-likeness (QED) is 0.607. The number of ether oxygens (including phenoxy) is 1. The van der Waals surface area contributed by atoms with Gasteiger partial charge in [-0.15, -0.1) is 11.3 Å². The molecule has 1 aromatic heterocycles. The van der Waals surface area contributed by atoms with E-state index in [2.05, 4.69) is 11.4 Å². The summed E-state index contributed by atoms with van der Waals surface area (Å²) in [5.74, 6) is 0.621. The van der Waals surface area contributed by atoms with Crippen LogP contribution in [0.5, 0.6) is 5.75 Å². The molecule has 0 bridgehead atoms. The Morgan fingerprint density at radius 2 is 2.13 bits per heavy atom. The summed E-state index contributed by atoms with van der Waals surface area (Å²) < 4.78 is 6.08. The van der Waals surface area contributed by atoms with Crippen LogP contribution in [0.3, 0.4) is 0 Å². The second kappa shape index (κ2) is 9.84. The number of aryl methyl sites for hydroxylation is 1. The Hall–Kier alpha value is -2.05. The summed E-state index contributed by atoms with van der Waals surface area (Å²) in [6, 6.07) is 7.51. The van der Waals surface area contributed by atoms with E-state index in [1.54, 1.807) is 16.2 Å². The minimum Gasteiger partial charge on any atom is -0.491 e. The van der Waals surface area contributed by atoms with Crippen molar-refractivity contribution < 1.29 is 14.3 Å². The lowest BCUT2D eigenvalue weighted by Crippen LogP contribution is -2.49. The highest BCUT2D eigenvalue weighted by molar-refractivity contribution is 7.10. The molecule has 30 heavy (non-hydrogen) atoms. The smallest absolute Gasteiger partial charge is 0.242 e. The third kappa shape index (κ3) is 4.98. The first-order valence-electron chi connectivity index (χ1n) is 10.3. The molecule has 162 valence electrons. The first-order valence-corrected chi connectivity index (χ1v) is 11.6. The maximum atomic E-state index is 13.2. The van der Waals surface area contributed by atoms with Gasteiger partial charge in [0.2, 0.25) is 11.8 Å². The molecule has 1 aliphatic rings. The monoisotopic (exact) mass is 448 g/mol. The largest absolute Gasteiger partial charge is 0.491 e. The number of carbonyl (C=O) groups excluding carboxylic acids is 2. The topological polar surface area (TPSA) is 49.9 Å². The fourth-order valence-electron chi connectivity index (χ4n) is 3.79. The number of benzene rings is 1. The number of carbonyl (C=O) groups is 2. The second-order valence-corrected chi connectivity index (χ2v) is 9.19. The van der Waals surface area contributed by atoms with Crippen molar-refractivity contribution in [1.82, 2.24) is 9.80 Å². The van der Waals surface area contributed by atoms with Gasteiger partial charge in [0, 0.05) is 29.4 Å². The molecule has 2 atom stereocenters. The van der Waals surface area contributed by atoms with Gasteiger partial charge in [-0.25, -0.2) is 0 Å². The molecule has 0 unspecified atom stereocenters. The van der Waals surface area contributed by atoms with E-state index in [0.29, 0.717) is 18.2 Å².